The molecule has 0 heterocycles. The lowest BCUT2D eigenvalue weighted by atomic mass is 10.2. The van der Waals surface area contributed by atoms with Gasteiger partial charge in [0.2, 0.25) is 5.39 Å². The maximum absolute atomic E-state index is 8.66. The molecule has 0 amide bonds. The molecule has 62 valence electrons. The van der Waals surface area contributed by atoms with Crippen LogP contribution in [0.1, 0.15) is 5.56 Å². The van der Waals surface area contributed by atoms with E-state index >= 15 is 0 Å². The Kier molecular flexibility index (Phi) is 3.27. The molecule has 12 heavy (non-hydrogen) atoms. The molecule has 0 aliphatic carbocycles. The van der Waals surface area contributed by atoms with E-state index in [-0.39, 0.29) is 0 Å². The van der Waals surface area contributed by atoms with Gasteiger partial charge in [0.15, 0.2) is 4.98 Å². The van der Waals surface area contributed by atoms with E-state index in [2.05, 4.69) is 52.8 Å². The van der Waals surface area contributed by atoms with Gasteiger partial charge >= 0.3 is 5.69 Å². The summed E-state index contributed by atoms with van der Waals surface area (Å²) in [4.78, 5) is 3.16. The highest BCUT2D eigenvalue weighted by Gasteiger charge is 2.20. The second-order valence-corrected chi connectivity index (χ2v) is 4.73. The van der Waals surface area contributed by atoms with Crippen LogP contribution in [0.2, 0.25) is 0 Å². The summed E-state index contributed by atoms with van der Waals surface area (Å²) >= 11 is 9.98. The van der Waals surface area contributed by atoms with E-state index in [0.29, 0.717) is 5.69 Å². The van der Waals surface area contributed by atoms with Crippen molar-refractivity contribution in [2.45, 2.75) is 6.92 Å². The Bertz CT molecular complexity index is 368. The van der Waals surface area contributed by atoms with Gasteiger partial charge in [0.1, 0.15) is 8.95 Å². The third-order valence-electron chi connectivity index (χ3n) is 1.48. The van der Waals surface area contributed by atoms with E-state index in [1.807, 2.05) is 13.0 Å². The topological polar surface area (TPSA) is 28.1 Å². The number of halogens is 3. The Balaban J connectivity index is 3.54. The quantitative estimate of drug-likeness (QED) is 0.616. The fraction of sp³-hybridized carbons (Fsp3) is 0.143. The summed E-state index contributed by atoms with van der Waals surface area (Å²) in [5.74, 6) is 0. The van der Waals surface area contributed by atoms with Crippen molar-refractivity contribution in [2.24, 2.45) is 0 Å². The lowest BCUT2D eigenvalue weighted by Crippen LogP contribution is -1.79. The first-order valence-corrected chi connectivity index (χ1v) is 5.45. The molecule has 0 radical (unpaired) electrons. The predicted octanol–water partition coefficient (Wildman–Crippen LogP) is 4.77. The van der Waals surface area contributed by atoms with Crippen LogP contribution in [0.15, 0.2) is 19.5 Å². The van der Waals surface area contributed by atoms with Crippen molar-refractivity contribution in [2.75, 3.05) is 0 Å². The molecule has 0 bridgehead atoms. The van der Waals surface area contributed by atoms with Crippen molar-refractivity contribution in [3.63, 3.8) is 0 Å². The van der Waals surface area contributed by atoms with Crippen molar-refractivity contribution in [3.8, 4) is 0 Å². The zero-order valence-corrected chi connectivity index (χ0v) is 10.9. The summed E-state index contributed by atoms with van der Waals surface area (Å²) < 4.78 is 2.49. The van der Waals surface area contributed by atoms with Crippen LogP contribution < -0.4 is 0 Å². The molecule has 2 nitrogen and oxygen atoms in total. The van der Waals surface area contributed by atoms with Crippen molar-refractivity contribution >= 4 is 53.5 Å². The van der Waals surface area contributed by atoms with Crippen LogP contribution in [0, 0.1) is 12.3 Å². The van der Waals surface area contributed by atoms with E-state index in [9.17, 15) is 0 Å². The number of nitrogens with zero attached hydrogens (tertiary/aromatic N) is 2. The first-order valence-electron chi connectivity index (χ1n) is 3.07. The molecule has 0 aromatic heterocycles. The van der Waals surface area contributed by atoms with E-state index < -0.39 is 0 Å². The van der Waals surface area contributed by atoms with Gasteiger partial charge < -0.3 is 0 Å². The van der Waals surface area contributed by atoms with Crippen LogP contribution in [-0.4, -0.2) is 0 Å². The molecule has 0 N–H and O–H groups in total. The molecule has 5 heteroatoms. The first kappa shape index (κ1) is 10.2. The fourth-order valence-corrected chi connectivity index (χ4v) is 3.05. The molecule has 0 aliphatic heterocycles. The summed E-state index contributed by atoms with van der Waals surface area (Å²) in [5.41, 5.74) is 1.52. The van der Waals surface area contributed by atoms with Gasteiger partial charge in [-0.15, -0.1) is 0 Å². The van der Waals surface area contributed by atoms with E-state index in [1.165, 1.54) is 0 Å². The highest BCUT2D eigenvalue weighted by Crippen LogP contribution is 2.39. The van der Waals surface area contributed by atoms with Gasteiger partial charge in [-0.05, 0) is 50.4 Å². The molecule has 1 rings (SSSR count). The average molecular weight is 356 g/mol. The second kappa shape index (κ2) is 3.86. The van der Waals surface area contributed by atoms with Crippen LogP contribution in [0.5, 0.6) is 0 Å². The molecule has 0 saturated carbocycles. The highest BCUT2D eigenvalue weighted by atomic mass is 79.9. The minimum absolute atomic E-state index is 0.510. The molecule has 1 aromatic rings. The van der Waals surface area contributed by atoms with Crippen LogP contribution in [0.3, 0.4) is 0 Å². The van der Waals surface area contributed by atoms with E-state index in [0.717, 1.165) is 19.0 Å². The summed E-state index contributed by atoms with van der Waals surface area (Å²) in [6.07, 6.45) is 0. The second-order valence-electron chi connectivity index (χ2n) is 2.23. The molecule has 0 fully saturated rings. The van der Waals surface area contributed by atoms with Crippen LogP contribution in [-0.2, 0) is 0 Å². The summed E-state index contributed by atoms with van der Waals surface area (Å²) in [6.45, 7) is 1.93. The zero-order chi connectivity index (χ0) is 9.30. The van der Waals surface area contributed by atoms with Gasteiger partial charge in [0.05, 0.1) is 0 Å². The Morgan fingerprint density at radius 1 is 1.25 bits per heavy atom. The van der Waals surface area contributed by atoms with Gasteiger partial charge in [-0.25, -0.2) is 0 Å². The van der Waals surface area contributed by atoms with Crippen molar-refractivity contribution in [1.29, 1.82) is 5.39 Å². The molecule has 0 spiro atoms. The zero-order valence-electron chi connectivity index (χ0n) is 6.11. The SMILES string of the molecule is Cc1c(Br)cc(Br)c([N+]#N)c1Br. The van der Waals surface area contributed by atoms with E-state index in [4.69, 9.17) is 5.39 Å². The smallest absolute Gasteiger partial charge is 0.0505 e. The van der Waals surface area contributed by atoms with Gasteiger partial charge in [0.25, 0.3) is 0 Å². The molecule has 0 unspecified atom stereocenters. The molecule has 0 atom stereocenters. The number of rotatable bonds is 0. The number of diazo groups is 1. The number of hydrogen-bond donors (Lipinski definition) is 0. The normalized spacial score (nSPS) is 9.58. The predicted molar refractivity (Wildman–Crippen MR) is 59.0 cm³/mol. The van der Waals surface area contributed by atoms with Crippen LogP contribution >= 0.6 is 47.8 Å². The average Bonchev–Trinajstić information content (AvgIpc) is 2.01. The van der Waals surface area contributed by atoms with Crippen LogP contribution in [0.25, 0.3) is 4.98 Å². The summed E-state index contributed by atoms with van der Waals surface area (Å²) in [5, 5.41) is 8.66. The minimum Gasteiger partial charge on any atom is -0.0505 e. The molecular weight excluding hydrogens is 352 g/mol. The van der Waals surface area contributed by atoms with E-state index in [1.54, 1.807) is 0 Å². The first-order chi connectivity index (χ1) is 5.57. The molecule has 0 aliphatic rings. The maximum atomic E-state index is 8.66. The van der Waals surface area contributed by atoms with Gasteiger partial charge in [-0.2, -0.15) is 0 Å². The molecular formula is C7H4Br3N2+. The van der Waals surface area contributed by atoms with Crippen molar-refractivity contribution in [1.82, 2.24) is 0 Å². The monoisotopic (exact) mass is 353 g/mol. The third kappa shape index (κ3) is 1.70. The molecule has 1 aromatic carbocycles. The van der Waals surface area contributed by atoms with Gasteiger partial charge in [0, 0.05) is 4.47 Å². The van der Waals surface area contributed by atoms with Crippen molar-refractivity contribution < 1.29 is 0 Å². The third-order valence-corrected chi connectivity index (χ3v) is 3.87. The number of benzene rings is 1. The van der Waals surface area contributed by atoms with Crippen molar-refractivity contribution in [3.05, 3.63) is 30.0 Å². The van der Waals surface area contributed by atoms with Gasteiger partial charge in [-0.3, -0.25) is 0 Å². The Labute approximate surface area is 95.4 Å². The largest absolute Gasteiger partial charge is 0.413 e. The lowest BCUT2D eigenvalue weighted by molar-refractivity contribution is 1.36. The lowest BCUT2D eigenvalue weighted by Gasteiger charge is -1.98. The Hall–Kier alpha value is 0.0800. The summed E-state index contributed by atoms with van der Waals surface area (Å²) in [7, 11) is 0. The standard InChI is InChI=1S/C7H4Br3N2/c1-3-4(8)2-5(9)7(12-11)6(3)10/h2H,1H3/q+1. The van der Waals surface area contributed by atoms with Crippen LogP contribution in [0.4, 0.5) is 5.69 Å². The minimum atomic E-state index is 0.510. The summed E-state index contributed by atoms with van der Waals surface area (Å²) in [6, 6.07) is 1.84. The Morgan fingerprint density at radius 3 is 2.33 bits per heavy atom. The fourth-order valence-electron chi connectivity index (χ4n) is 0.767. The highest BCUT2D eigenvalue weighted by molar-refractivity contribution is 9.11. The Morgan fingerprint density at radius 2 is 1.83 bits per heavy atom. The maximum Gasteiger partial charge on any atom is 0.413 e. The van der Waals surface area contributed by atoms with Gasteiger partial charge in [-0.1, -0.05) is 15.9 Å². The molecule has 0 saturated heterocycles. The number of hydrogen-bond acceptors (Lipinski definition) is 1.